The third-order valence-corrected chi connectivity index (χ3v) is 4.37. The predicted molar refractivity (Wildman–Crippen MR) is 110 cm³/mol. The zero-order valence-electron chi connectivity index (χ0n) is 17.0. The minimum atomic E-state index is -0.617. The van der Waals surface area contributed by atoms with E-state index < -0.39 is 11.9 Å². The summed E-state index contributed by atoms with van der Waals surface area (Å²) < 4.78 is 9.41. The van der Waals surface area contributed by atoms with Crippen LogP contribution in [0.4, 0.5) is 5.69 Å². The molecule has 1 amide bonds. The Balaban J connectivity index is 2.13. The first kappa shape index (κ1) is 22.1. The Morgan fingerprint density at radius 1 is 0.897 bits per heavy atom. The zero-order valence-corrected chi connectivity index (χ0v) is 17.0. The molecule has 1 atom stereocenters. The van der Waals surface area contributed by atoms with Gasteiger partial charge in [-0.1, -0.05) is 44.2 Å². The lowest BCUT2D eigenvalue weighted by Crippen LogP contribution is -2.33. The van der Waals surface area contributed by atoms with E-state index in [2.05, 4.69) is 24.5 Å². The molecule has 154 valence electrons. The van der Waals surface area contributed by atoms with Gasteiger partial charge in [0.1, 0.15) is 0 Å². The fourth-order valence-corrected chi connectivity index (χ4v) is 2.98. The molecule has 0 saturated carbocycles. The van der Waals surface area contributed by atoms with Gasteiger partial charge in [-0.2, -0.15) is 0 Å². The Bertz CT molecular complexity index is 831. The van der Waals surface area contributed by atoms with E-state index >= 15 is 0 Å². The van der Waals surface area contributed by atoms with Crippen LogP contribution in [0.1, 0.15) is 46.2 Å². The Labute approximate surface area is 170 Å². The maximum atomic E-state index is 12.5. The van der Waals surface area contributed by atoms with Crippen LogP contribution in [0.25, 0.3) is 0 Å². The first-order valence-corrected chi connectivity index (χ1v) is 9.25. The number of amides is 1. The highest BCUT2D eigenvalue weighted by Crippen LogP contribution is 2.21. The van der Waals surface area contributed by atoms with Crippen molar-refractivity contribution in [1.82, 2.24) is 5.32 Å². The van der Waals surface area contributed by atoms with Crippen molar-refractivity contribution in [3.8, 4) is 0 Å². The number of rotatable bonds is 8. The molecule has 2 N–H and O–H groups in total. The van der Waals surface area contributed by atoms with Crippen LogP contribution in [0.3, 0.4) is 0 Å². The fourth-order valence-electron chi connectivity index (χ4n) is 2.98. The van der Waals surface area contributed by atoms with Gasteiger partial charge >= 0.3 is 11.9 Å². The summed E-state index contributed by atoms with van der Waals surface area (Å²) in [7, 11) is 2.48. The van der Waals surface area contributed by atoms with Crippen LogP contribution in [-0.4, -0.2) is 38.6 Å². The number of benzene rings is 2. The van der Waals surface area contributed by atoms with E-state index in [0.29, 0.717) is 5.69 Å². The maximum Gasteiger partial charge on any atom is 0.337 e. The van der Waals surface area contributed by atoms with E-state index in [9.17, 15) is 14.4 Å². The van der Waals surface area contributed by atoms with Gasteiger partial charge in [0, 0.05) is 11.7 Å². The second-order valence-corrected chi connectivity index (χ2v) is 6.84. The smallest absolute Gasteiger partial charge is 0.337 e. The lowest BCUT2D eigenvalue weighted by molar-refractivity contribution is -0.115. The van der Waals surface area contributed by atoms with Crippen molar-refractivity contribution in [3.05, 3.63) is 65.2 Å². The Morgan fingerprint density at radius 3 is 1.93 bits per heavy atom. The molecule has 0 aromatic heterocycles. The van der Waals surface area contributed by atoms with Gasteiger partial charge in [0.2, 0.25) is 5.91 Å². The second-order valence-electron chi connectivity index (χ2n) is 6.84. The van der Waals surface area contributed by atoms with Crippen molar-refractivity contribution >= 4 is 23.5 Å². The van der Waals surface area contributed by atoms with Gasteiger partial charge in [-0.3, -0.25) is 4.79 Å². The van der Waals surface area contributed by atoms with Crippen molar-refractivity contribution < 1.29 is 23.9 Å². The van der Waals surface area contributed by atoms with E-state index in [1.165, 1.54) is 32.4 Å². The van der Waals surface area contributed by atoms with Gasteiger partial charge in [0.15, 0.2) is 0 Å². The molecule has 0 saturated heterocycles. The number of hydrogen-bond acceptors (Lipinski definition) is 6. The van der Waals surface area contributed by atoms with Crippen LogP contribution < -0.4 is 10.6 Å². The molecule has 2 aromatic carbocycles. The second kappa shape index (κ2) is 10.4. The molecule has 0 radical (unpaired) electrons. The summed E-state index contributed by atoms with van der Waals surface area (Å²) in [6.45, 7) is 4.21. The molecule has 0 aliphatic heterocycles. The first-order valence-electron chi connectivity index (χ1n) is 9.25. The molecule has 0 unspecified atom stereocenters. The highest BCUT2D eigenvalue weighted by Gasteiger charge is 2.18. The fraction of sp³-hybridized carbons (Fsp3) is 0.318. The summed E-state index contributed by atoms with van der Waals surface area (Å²) in [4.78, 5) is 36.2. The van der Waals surface area contributed by atoms with E-state index in [1.807, 2.05) is 30.3 Å². The zero-order chi connectivity index (χ0) is 21.4. The van der Waals surface area contributed by atoms with E-state index in [4.69, 9.17) is 9.47 Å². The van der Waals surface area contributed by atoms with Crippen molar-refractivity contribution in [2.75, 3.05) is 26.1 Å². The average molecular weight is 398 g/mol. The summed E-state index contributed by atoms with van der Waals surface area (Å²) in [6.07, 6.45) is 0. The Hall–Kier alpha value is -3.19. The largest absolute Gasteiger partial charge is 0.465 e. The van der Waals surface area contributed by atoms with E-state index in [0.717, 1.165) is 5.56 Å². The number of esters is 2. The standard InChI is InChI=1S/C22H26N2O5/c1-14(2)20(15-8-6-5-7-9-15)23-13-19(25)24-18-11-16(21(26)28-3)10-17(12-18)22(27)29-4/h5-12,14,20,23H,13H2,1-4H3,(H,24,25)/t20-/m0/s1. The highest BCUT2D eigenvalue weighted by atomic mass is 16.5. The van der Waals surface area contributed by atoms with E-state index in [1.54, 1.807) is 0 Å². The Kier molecular flexibility index (Phi) is 7.91. The average Bonchev–Trinajstić information content (AvgIpc) is 2.72. The van der Waals surface area contributed by atoms with Crippen molar-refractivity contribution in [2.24, 2.45) is 5.92 Å². The molecule has 0 aliphatic rings. The van der Waals surface area contributed by atoms with Crippen LogP contribution in [-0.2, 0) is 14.3 Å². The van der Waals surface area contributed by atoms with Gasteiger partial charge in [-0.25, -0.2) is 9.59 Å². The van der Waals surface area contributed by atoms with Crippen molar-refractivity contribution in [2.45, 2.75) is 19.9 Å². The number of methoxy groups -OCH3 is 2. The normalized spacial score (nSPS) is 11.6. The molecule has 7 heteroatoms. The number of carbonyl (C=O) groups excluding carboxylic acids is 3. The molecule has 0 spiro atoms. The lowest BCUT2D eigenvalue weighted by Gasteiger charge is -2.22. The molecular weight excluding hydrogens is 372 g/mol. The lowest BCUT2D eigenvalue weighted by atomic mass is 9.96. The number of anilines is 1. The van der Waals surface area contributed by atoms with Gasteiger partial charge in [-0.05, 0) is 29.7 Å². The highest BCUT2D eigenvalue weighted by molar-refractivity contribution is 5.99. The number of carbonyl (C=O) groups is 3. The number of nitrogens with one attached hydrogen (secondary N) is 2. The quantitative estimate of drug-likeness (QED) is 0.664. The minimum Gasteiger partial charge on any atom is -0.465 e. The van der Waals surface area contributed by atoms with Crippen LogP contribution in [0.5, 0.6) is 0 Å². The Morgan fingerprint density at radius 2 is 1.45 bits per heavy atom. The van der Waals surface area contributed by atoms with Crippen LogP contribution in [0.2, 0.25) is 0 Å². The van der Waals surface area contributed by atoms with E-state index in [-0.39, 0.29) is 35.5 Å². The third-order valence-electron chi connectivity index (χ3n) is 4.37. The summed E-state index contributed by atoms with van der Waals surface area (Å²) in [6, 6.07) is 14.2. The SMILES string of the molecule is COC(=O)c1cc(NC(=O)CN[C@H](c2ccccc2)C(C)C)cc(C(=O)OC)c1. The summed E-state index contributed by atoms with van der Waals surface area (Å²) in [5, 5.41) is 5.97. The topological polar surface area (TPSA) is 93.7 Å². The molecule has 2 rings (SSSR count). The molecule has 0 bridgehead atoms. The molecule has 0 aliphatic carbocycles. The molecule has 7 nitrogen and oxygen atoms in total. The predicted octanol–water partition coefficient (Wildman–Crippen LogP) is 3.19. The maximum absolute atomic E-state index is 12.5. The van der Waals surface area contributed by atoms with Gasteiger partial charge in [0.25, 0.3) is 0 Å². The summed E-state index contributed by atoms with van der Waals surface area (Å²) >= 11 is 0. The third kappa shape index (κ3) is 6.15. The van der Waals surface area contributed by atoms with Gasteiger partial charge in [0.05, 0.1) is 31.9 Å². The number of ether oxygens (including phenoxy) is 2. The van der Waals surface area contributed by atoms with Crippen LogP contribution >= 0.6 is 0 Å². The van der Waals surface area contributed by atoms with Gasteiger partial charge in [-0.15, -0.1) is 0 Å². The monoisotopic (exact) mass is 398 g/mol. The van der Waals surface area contributed by atoms with Crippen LogP contribution in [0.15, 0.2) is 48.5 Å². The van der Waals surface area contributed by atoms with Crippen LogP contribution in [0, 0.1) is 5.92 Å². The minimum absolute atomic E-state index is 0.00832. The van der Waals surface area contributed by atoms with Gasteiger partial charge < -0.3 is 20.1 Å². The molecule has 0 fully saturated rings. The molecule has 0 heterocycles. The first-order chi connectivity index (χ1) is 13.8. The van der Waals surface area contributed by atoms with Crippen molar-refractivity contribution in [1.29, 1.82) is 0 Å². The van der Waals surface area contributed by atoms with Crippen molar-refractivity contribution in [3.63, 3.8) is 0 Å². The molecule has 29 heavy (non-hydrogen) atoms. The summed E-state index contributed by atoms with van der Waals surface area (Å²) in [5.41, 5.74) is 1.68. The summed E-state index contributed by atoms with van der Waals surface area (Å²) in [5.74, 6) is -1.26. The number of hydrogen-bond donors (Lipinski definition) is 2. The molecular formula is C22H26N2O5. The molecule has 2 aromatic rings.